The molecule has 0 fully saturated rings. The number of Topliss-reactive ketones (excluding diaryl/α,β-unsaturated/α-hetero) is 1. The second-order valence-electron chi connectivity index (χ2n) is 5.64. The summed E-state index contributed by atoms with van der Waals surface area (Å²) in [7, 11) is -4.04. The molecule has 1 heterocycles. The number of fused-ring (bicyclic) bond motifs is 1. The van der Waals surface area contributed by atoms with Gasteiger partial charge in [-0.15, -0.1) is 0 Å². The van der Waals surface area contributed by atoms with Crippen molar-refractivity contribution in [1.29, 1.82) is 0 Å². The summed E-state index contributed by atoms with van der Waals surface area (Å²) in [4.78, 5) is 25.2. The second-order valence-corrected chi connectivity index (χ2v) is 8.34. The van der Waals surface area contributed by atoms with E-state index in [1.165, 1.54) is 36.4 Å². The summed E-state index contributed by atoms with van der Waals surface area (Å²) in [5, 5.41) is 5.03. The number of primary sulfonamides is 1. The summed E-state index contributed by atoms with van der Waals surface area (Å²) in [6.07, 6.45) is 0. The van der Waals surface area contributed by atoms with Crippen LogP contribution in [0.25, 0.3) is 0 Å². The van der Waals surface area contributed by atoms with Crippen LogP contribution in [-0.2, 0) is 21.4 Å². The molecule has 142 valence electrons. The lowest BCUT2D eigenvalue weighted by atomic mass is 10.1. The Labute approximate surface area is 156 Å². The molecule has 0 spiro atoms. The van der Waals surface area contributed by atoms with Crippen LogP contribution < -0.4 is 10.0 Å². The standard InChI is InChI=1S/C16H11F3N2O4S2/c17-16(18,19)26-10-3-1-9(2-4-10)8-21-13-6-5-11(27(20,24)25)7-12(13)14(22)15(21)23/h1-7H,8H2,(H2,20,24,25). The first-order valence-electron chi connectivity index (χ1n) is 7.33. The molecule has 0 saturated carbocycles. The van der Waals surface area contributed by atoms with E-state index in [9.17, 15) is 31.2 Å². The quantitative estimate of drug-likeness (QED) is 0.611. The molecule has 0 atom stereocenters. The lowest BCUT2D eigenvalue weighted by Crippen LogP contribution is -2.29. The van der Waals surface area contributed by atoms with E-state index in [1.807, 2.05) is 0 Å². The Bertz CT molecular complexity index is 1030. The van der Waals surface area contributed by atoms with Crippen molar-refractivity contribution in [3.8, 4) is 0 Å². The van der Waals surface area contributed by atoms with E-state index in [4.69, 9.17) is 5.14 Å². The minimum atomic E-state index is -4.40. The first-order chi connectivity index (χ1) is 12.5. The van der Waals surface area contributed by atoms with Crippen molar-refractivity contribution in [3.05, 3.63) is 53.6 Å². The molecule has 0 radical (unpaired) electrons. The number of alkyl halides is 3. The highest BCUT2D eigenvalue weighted by atomic mass is 32.2. The molecule has 0 bridgehead atoms. The molecule has 2 aromatic rings. The summed E-state index contributed by atoms with van der Waals surface area (Å²) >= 11 is -0.258. The third-order valence-corrected chi connectivity index (χ3v) is 5.42. The van der Waals surface area contributed by atoms with Crippen molar-refractivity contribution in [3.63, 3.8) is 0 Å². The fraction of sp³-hybridized carbons (Fsp3) is 0.125. The summed E-state index contributed by atoms with van der Waals surface area (Å²) < 4.78 is 59.9. The van der Waals surface area contributed by atoms with E-state index < -0.39 is 27.2 Å². The van der Waals surface area contributed by atoms with E-state index in [0.717, 1.165) is 11.0 Å². The van der Waals surface area contributed by atoms with Crippen LogP contribution in [0, 0.1) is 0 Å². The monoisotopic (exact) mass is 416 g/mol. The molecule has 0 aromatic heterocycles. The molecule has 1 aliphatic heterocycles. The molecule has 0 saturated heterocycles. The lowest BCUT2D eigenvalue weighted by Gasteiger charge is -2.17. The number of nitrogens with zero attached hydrogens (tertiary/aromatic N) is 1. The fourth-order valence-corrected chi connectivity index (χ4v) is 3.67. The minimum Gasteiger partial charge on any atom is -0.300 e. The highest BCUT2D eigenvalue weighted by Crippen LogP contribution is 2.37. The summed E-state index contributed by atoms with van der Waals surface area (Å²) in [5.41, 5.74) is -3.77. The molecule has 1 amide bonds. The molecular weight excluding hydrogens is 405 g/mol. The molecule has 3 rings (SSSR count). The second kappa shape index (κ2) is 6.66. The third-order valence-electron chi connectivity index (χ3n) is 3.77. The van der Waals surface area contributed by atoms with E-state index in [-0.39, 0.29) is 39.3 Å². The smallest absolute Gasteiger partial charge is 0.300 e. The zero-order chi connectivity index (χ0) is 20.0. The first kappa shape index (κ1) is 19.4. The number of nitrogens with two attached hydrogens (primary N) is 1. The van der Waals surface area contributed by atoms with Gasteiger partial charge in [0, 0.05) is 4.90 Å². The molecule has 2 aromatic carbocycles. The van der Waals surface area contributed by atoms with Gasteiger partial charge in [-0.1, -0.05) is 12.1 Å². The molecular formula is C16H11F3N2O4S2. The van der Waals surface area contributed by atoms with Crippen molar-refractivity contribution in [2.45, 2.75) is 21.8 Å². The Morgan fingerprint density at radius 2 is 1.67 bits per heavy atom. The molecule has 0 unspecified atom stereocenters. The average Bonchev–Trinajstić information content (AvgIpc) is 2.79. The highest BCUT2D eigenvalue weighted by Gasteiger charge is 2.36. The lowest BCUT2D eigenvalue weighted by molar-refractivity contribution is -0.114. The van der Waals surface area contributed by atoms with Crippen LogP contribution >= 0.6 is 11.8 Å². The summed E-state index contributed by atoms with van der Waals surface area (Å²) in [5.74, 6) is -1.73. The van der Waals surface area contributed by atoms with Crippen molar-refractivity contribution in [2.75, 3.05) is 4.90 Å². The van der Waals surface area contributed by atoms with Gasteiger partial charge in [0.15, 0.2) is 0 Å². The zero-order valence-electron chi connectivity index (χ0n) is 13.4. The maximum atomic E-state index is 12.4. The number of sulfonamides is 1. The van der Waals surface area contributed by atoms with Crippen LogP contribution in [0.3, 0.4) is 0 Å². The van der Waals surface area contributed by atoms with Crippen molar-refractivity contribution in [1.82, 2.24) is 0 Å². The fourth-order valence-electron chi connectivity index (χ4n) is 2.59. The van der Waals surface area contributed by atoms with Gasteiger partial charge in [0.05, 0.1) is 22.7 Å². The Hall–Kier alpha value is -2.37. The van der Waals surface area contributed by atoms with Gasteiger partial charge in [-0.2, -0.15) is 13.2 Å². The topological polar surface area (TPSA) is 97.5 Å². The van der Waals surface area contributed by atoms with Crippen LogP contribution in [0.4, 0.5) is 18.9 Å². The summed E-state index contributed by atoms with van der Waals surface area (Å²) in [6, 6.07) is 8.88. The normalized spacial score (nSPS) is 14.6. The molecule has 0 aliphatic carbocycles. The Balaban J connectivity index is 1.87. The van der Waals surface area contributed by atoms with E-state index >= 15 is 0 Å². The van der Waals surface area contributed by atoms with Gasteiger partial charge in [0.25, 0.3) is 11.7 Å². The Kier molecular flexibility index (Phi) is 4.78. The van der Waals surface area contributed by atoms with Gasteiger partial charge in [-0.25, -0.2) is 13.6 Å². The van der Waals surface area contributed by atoms with Crippen LogP contribution in [-0.4, -0.2) is 25.6 Å². The van der Waals surface area contributed by atoms with Crippen LogP contribution in [0.1, 0.15) is 15.9 Å². The van der Waals surface area contributed by atoms with Crippen LogP contribution in [0.2, 0.25) is 0 Å². The number of benzene rings is 2. The van der Waals surface area contributed by atoms with E-state index in [0.29, 0.717) is 5.56 Å². The highest BCUT2D eigenvalue weighted by molar-refractivity contribution is 8.00. The van der Waals surface area contributed by atoms with Gasteiger partial charge in [0.1, 0.15) is 0 Å². The molecule has 6 nitrogen and oxygen atoms in total. The van der Waals surface area contributed by atoms with Crippen LogP contribution in [0.15, 0.2) is 52.3 Å². The van der Waals surface area contributed by atoms with Crippen molar-refractivity contribution in [2.24, 2.45) is 5.14 Å². The number of halogens is 3. The van der Waals surface area contributed by atoms with Gasteiger partial charge >= 0.3 is 5.51 Å². The van der Waals surface area contributed by atoms with E-state index in [2.05, 4.69) is 0 Å². The molecule has 11 heteroatoms. The SMILES string of the molecule is NS(=O)(=O)c1ccc2c(c1)C(=O)C(=O)N2Cc1ccc(SC(F)(F)F)cc1. The largest absolute Gasteiger partial charge is 0.446 e. The number of thioether (sulfide) groups is 1. The number of amides is 1. The first-order valence-corrected chi connectivity index (χ1v) is 9.70. The maximum absolute atomic E-state index is 12.4. The van der Waals surface area contributed by atoms with Gasteiger partial charge in [-0.3, -0.25) is 9.59 Å². The predicted molar refractivity (Wildman–Crippen MR) is 91.7 cm³/mol. The molecule has 27 heavy (non-hydrogen) atoms. The van der Waals surface area contributed by atoms with Gasteiger partial charge < -0.3 is 4.90 Å². The van der Waals surface area contributed by atoms with Crippen LogP contribution in [0.5, 0.6) is 0 Å². The maximum Gasteiger partial charge on any atom is 0.446 e. The van der Waals surface area contributed by atoms with Crippen molar-refractivity contribution >= 4 is 39.2 Å². The number of rotatable bonds is 4. The molecule has 2 N–H and O–H groups in total. The number of carbonyl (C=O) groups excluding carboxylic acids is 2. The number of carbonyl (C=O) groups is 2. The molecule has 1 aliphatic rings. The number of hydrogen-bond acceptors (Lipinski definition) is 5. The Morgan fingerprint density at radius 1 is 1.04 bits per heavy atom. The van der Waals surface area contributed by atoms with E-state index in [1.54, 1.807) is 0 Å². The van der Waals surface area contributed by atoms with Crippen molar-refractivity contribution < 1.29 is 31.2 Å². The number of anilines is 1. The number of ketones is 1. The minimum absolute atomic E-state index is 0.00623. The average molecular weight is 416 g/mol. The predicted octanol–water partition coefficient (Wildman–Crippen LogP) is 2.68. The number of hydrogen-bond donors (Lipinski definition) is 1. The van der Waals surface area contributed by atoms with Gasteiger partial charge in [-0.05, 0) is 47.7 Å². The third kappa shape index (κ3) is 4.15. The zero-order valence-corrected chi connectivity index (χ0v) is 15.0. The summed E-state index contributed by atoms with van der Waals surface area (Å²) in [6.45, 7) is -0.0523. The Morgan fingerprint density at radius 3 is 2.22 bits per heavy atom. The van der Waals surface area contributed by atoms with Gasteiger partial charge in [0.2, 0.25) is 10.0 Å².